The summed E-state index contributed by atoms with van der Waals surface area (Å²) in [5, 5.41) is 3.29. The van der Waals surface area contributed by atoms with Crippen molar-refractivity contribution in [2.75, 3.05) is 13.7 Å². The van der Waals surface area contributed by atoms with Crippen molar-refractivity contribution in [3.8, 4) is 0 Å². The van der Waals surface area contributed by atoms with Crippen molar-refractivity contribution in [3.05, 3.63) is 0 Å². The molecule has 112 valence electrons. The molecule has 1 aliphatic rings. The molecule has 0 aromatic heterocycles. The van der Waals surface area contributed by atoms with Crippen LogP contribution in [0.25, 0.3) is 0 Å². The summed E-state index contributed by atoms with van der Waals surface area (Å²) < 4.78 is 10.8. The number of nitrogens with one attached hydrogen (secondary N) is 1. The van der Waals surface area contributed by atoms with E-state index in [2.05, 4.69) is 5.32 Å². The van der Waals surface area contributed by atoms with Crippen molar-refractivity contribution in [2.45, 2.75) is 77.0 Å². The summed E-state index contributed by atoms with van der Waals surface area (Å²) in [6, 6.07) is 0.235. The van der Waals surface area contributed by atoms with Gasteiger partial charge in [0.05, 0.1) is 13.2 Å². The third kappa shape index (κ3) is 5.49. The summed E-state index contributed by atoms with van der Waals surface area (Å²) in [6.45, 7) is 6.56. The Bertz CT molecular complexity index is 275. The zero-order valence-corrected chi connectivity index (χ0v) is 12.8. The van der Waals surface area contributed by atoms with Crippen molar-refractivity contribution in [1.82, 2.24) is 5.32 Å². The van der Waals surface area contributed by atoms with Crippen LogP contribution in [0.1, 0.15) is 59.3 Å². The maximum absolute atomic E-state index is 11.9. The van der Waals surface area contributed by atoms with E-state index in [9.17, 15) is 4.79 Å². The zero-order chi connectivity index (χ0) is 14.3. The monoisotopic (exact) mass is 271 g/mol. The minimum absolute atomic E-state index is 0.214. The molecular formula is C15H29NO3. The summed E-state index contributed by atoms with van der Waals surface area (Å²) in [6.07, 6.45) is 7.21. The molecule has 4 nitrogen and oxygen atoms in total. The van der Waals surface area contributed by atoms with Crippen molar-refractivity contribution in [2.24, 2.45) is 0 Å². The second-order valence-corrected chi connectivity index (χ2v) is 6.00. The Morgan fingerprint density at radius 2 is 1.95 bits per heavy atom. The molecule has 1 unspecified atom stereocenters. The molecule has 1 aliphatic carbocycles. The van der Waals surface area contributed by atoms with Gasteiger partial charge in [0, 0.05) is 12.6 Å². The molecule has 19 heavy (non-hydrogen) atoms. The summed E-state index contributed by atoms with van der Waals surface area (Å²) in [4.78, 5) is 11.9. The lowest BCUT2D eigenvalue weighted by atomic mass is 9.96. The fourth-order valence-electron chi connectivity index (χ4n) is 2.76. The first-order chi connectivity index (χ1) is 8.98. The second-order valence-electron chi connectivity index (χ2n) is 6.00. The van der Waals surface area contributed by atoms with Crippen LogP contribution in [0.15, 0.2) is 0 Å². The topological polar surface area (TPSA) is 47.6 Å². The molecule has 0 saturated heterocycles. The summed E-state index contributed by atoms with van der Waals surface area (Å²) >= 11 is 0. The lowest BCUT2D eigenvalue weighted by Gasteiger charge is -2.31. The highest BCUT2D eigenvalue weighted by Crippen LogP contribution is 2.21. The molecule has 0 amide bonds. The first-order valence-corrected chi connectivity index (χ1v) is 7.45. The first kappa shape index (κ1) is 16.4. The number of hydrogen-bond donors (Lipinski definition) is 1. The van der Waals surface area contributed by atoms with Gasteiger partial charge in [0.1, 0.15) is 5.54 Å². The lowest BCUT2D eigenvalue weighted by Crippen LogP contribution is -2.53. The molecular weight excluding hydrogens is 242 g/mol. The van der Waals surface area contributed by atoms with Crippen LogP contribution in [0, 0.1) is 0 Å². The average molecular weight is 271 g/mol. The van der Waals surface area contributed by atoms with Crippen LogP contribution in [-0.4, -0.2) is 37.4 Å². The van der Waals surface area contributed by atoms with Gasteiger partial charge in [-0.05, 0) is 40.0 Å². The minimum atomic E-state index is -0.655. The molecule has 0 heterocycles. The van der Waals surface area contributed by atoms with E-state index in [0.717, 1.165) is 12.8 Å². The quantitative estimate of drug-likeness (QED) is 0.723. The van der Waals surface area contributed by atoms with Crippen molar-refractivity contribution in [1.29, 1.82) is 0 Å². The van der Waals surface area contributed by atoms with Crippen molar-refractivity contribution in [3.63, 3.8) is 0 Å². The van der Waals surface area contributed by atoms with Crippen molar-refractivity contribution < 1.29 is 14.3 Å². The highest BCUT2D eigenvalue weighted by atomic mass is 16.5. The van der Waals surface area contributed by atoms with Crippen LogP contribution in [-0.2, 0) is 14.3 Å². The Kier molecular flexibility index (Phi) is 6.80. The molecule has 1 atom stereocenters. The van der Waals surface area contributed by atoms with E-state index < -0.39 is 5.54 Å². The molecule has 4 heteroatoms. The smallest absolute Gasteiger partial charge is 0.325 e. The maximum Gasteiger partial charge on any atom is 0.325 e. The molecule has 1 fully saturated rings. The molecule has 0 radical (unpaired) electrons. The van der Waals surface area contributed by atoms with Crippen LogP contribution in [0.4, 0.5) is 0 Å². The number of carbonyl (C=O) groups is 1. The van der Waals surface area contributed by atoms with Gasteiger partial charge in [-0.25, -0.2) is 0 Å². The van der Waals surface area contributed by atoms with Gasteiger partial charge in [0.2, 0.25) is 0 Å². The highest BCUT2D eigenvalue weighted by molar-refractivity contribution is 5.80. The molecule has 1 saturated carbocycles. The van der Waals surface area contributed by atoms with Crippen molar-refractivity contribution >= 4 is 5.97 Å². The number of hydrogen-bond acceptors (Lipinski definition) is 4. The molecule has 0 bridgehead atoms. The molecule has 0 aromatic carbocycles. The Morgan fingerprint density at radius 1 is 1.32 bits per heavy atom. The van der Waals surface area contributed by atoms with Crippen LogP contribution >= 0.6 is 0 Å². The van der Waals surface area contributed by atoms with Crippen LogP contribution in [0.5, 0.6) is 0 Å². The van der Waals surface area contributed by atoms with E-state index in [1.807, 2.05) is 20.8 Å². The second kappa shape index (κ2) is 7.85. The number of esters is 1. The van der Waals surface area contributed by atoms with E-state index in [0.29, 0.717) is 19.1 Å². The van der Waals surface area contributed by atoms with Crippen LogP contribution in [0.3, 0.4) is 0 Å². The fourth-order valence-corrected chi connectivity index (χ4v) is 2.76. The van der Waals surface area contributed by atoms with E-state index >= 15 is 0 Å². The summed E-state index contributed by atoms with van der Waals surface area (Å²) in [5.74, 6) is -0.214. The van der Waals surface area contributed by atoms with Gasteiger partial charge in [0.15, 0.2) is 0 Å². The van der Waals surface area contributed by atoms with E-state index in [-0.39, 0.29) is 12.0 Å². The first-order valence-electron chi connectivity index (χ1n) is 7.45. The number of rotatable bonds is 7. The number of ether oxygens (including phenoxy) is 2. The van der Waals surface area contributed by atoms with E-state index in [1.165, 1.54) is 26.4 Å². The van der Waals surface area contributed by atoms with Gasteiger partial charge in [-0.2, -0.15) is 0 Å². The normalized spacial score (nSPS) is 20.3. The molecule has 0 aliphatic heterocycles. The van der Waals surface area contributed by atoms with E-state index in [4.69, 9.17) is 9.47 Å². The van der Waals surface area contributed by atoms with Gasteiger partial charge in [-0.3, -0.25) is 10.1 Å². The fraction of sp³-hybridized carbons (Fsp3) is 0.933. The maximum atomic E-state index is 11.9. The van der Waals surface area contributed by atoms with Gasteiger partial charge < -0.3 is 9.47 Å². The molecule has 0 aromatic rings. The minimum Gasteiger partial charge on any atom is -0.468 e. The van der Waals surface area contributed by atoms with Crippen LogP contribution in [0.2, 0.25) is 0 Å². The van der Waals surface area contributed by atoms with Gasteiger partial charge in [0.25, 0.3) is 0 Å². The molecule has 1 N–H and O–H groups in total. The van der Waals surface area contributed by atoms with Gasteiger partial charge in [-0.1, -0.05) is 19.3 Å². The predicted octanol–water partition coefficient (Wildman–Crippen LogP) is 2.66. The SMILES string of the molecule is COC(=O)C(C)(CCOC1CCCCC1)NC(C)C. The Morgan fingerprint density at radius 3 is 2.47 bits per heavy atom. The van der Waals surface area contributed by atoms with Gasteiger partial charge in [-0.15, -0.1) is 0 Å². The zero-order valence-electron chi connectivity index (χ0n) is 12.8. The molecule has 1 rings (SSSR count). The Labute approximate surface area is 117 Å². The standard InChI is InChI=1S/C15H29NO3/c1-12(2)16-15(3,14(17)18-4)10-11-19-13-8-6-5-7-9-13/h12-13,16H,5-11H2,1-4H3. The Balaban J connectivity index is 2.41. The molecule has 0 spiro atoms. The van der Waals surface area contributed by atoms with Crippen LogP contribution < -0.4 is 5.32 Å². The summed E-state index contributed by atoms with van der Waals surface area (Å²) in [5.41, 5.74) is -0.655. The highest BCUT2D eigenvalue weighted by Gasteiger charge is 2.34. The third-order valence-corrected chi connectivity index (χ3v) is 3.75. The number of carbonyl (C=O) groups excluding carboxylic acids is 1. The lowest BCUT2D eigenvalue weighted by molar-refractivity contribution is -0.149. The van der Waals surface area contributed by atoms with Gasteiger partial charge >= 0.3 is 5.97 Å². The van der Waals surface area contributed by atoms with E-state index in [1.54, 1.807) is 0 Å². The summed E-state index contributed by atoms with van der Waals surface area (Å²) in [7, 11) is 1.44. The predicted molar refractivity (Wildman–Crippen MR) is 76.1 cm³/mol. The largest absolute Gasteiger partial charge is 0.468 e. The third-order valence-electron chi connectivity index (χ3n) is 3.75. The average Bonchev–Trinajstić information content (AvgIpc) is 2.38. The number of methoxy groups -OCH3 is 1. The Hall–Kier alpha value is -0.610.